The smallest absolute Gasteiger partial charge is 0.224 e. The highest BCUT2D eigenvalue weighted by Crippen LogP contribution is 2.13. The van der Waals surface area contributed by atoms with Crippen molar-refractivity contribution in [2.45, 2.75) is 24.7 Å². The number of aryl methyl sites for hydroxylation is 1. The molecule has 0 aliphatic carbocycles. The zero-order chi connectivity index (χ0) is 20.6. The molecule has 0 saturated carbocycles. The molecule has 0 saturated heterocycles. The largest absolute Gasteiger partial charge is 0.354 e. The zero-order valence-electron chi connectivity index (χ0n) is 15.6. The van der Waals surface area contributed by atoms with E-state index in [1.54, 1.807) is 18.2 Å². The SMILES string of the molecule is Cc1ccc(S(=O)(=O)CCC(=O)NCCNC(=O)Cc2cccc(F)c2)cc1. The lowest BCUT2D eigenvalue weighted by Crippen LogP contribution is -2.35. The predicted octanol–water partition coefficient (Wildman–Crippen LogP) is 1.77. The maximum Gasteiger partial charge on any atom is 0.224 e. The number of hydrogen-bond acceptors (Lipinski definition) is 4. The van der Waals surface area contributed by atoms with Gasteiger partial charge in [-0.05, 0) is 36.8 Å². The molecule has 150 valence electrons. The Hall–Kier alpha value is -2.74. The van der Waals surface area contributed by atoms with Crippen LogP contribution in [0.1, 0.15) is 17.5 Å². The van der Waals surface area contributed by atoms with Crippen LogP contribution in [0.3, 0.4) is 0 Å². The van der Waals surface area contributed by atoms with Crippen LogP contribution in [0.2, 0.25) is 0 Å². The van der Waals surface area contributed by atoms with Gasteiger partial charge in [-0.3, -0.25) is 9.59 Å². The Morgan fingerprint density at radius 3 is 2.25 bits per heavy atom. The van der Waals surface area contributed by atoms with Crippen LogP contribution in [-0.4, -0.2) is 39.1 Å². The first kappa shape index (κ1) is 21.6. The van der Waals surface area contributed by atoms with E-state index in [1.165, 1.54) is 30.3 Å². The van der Waals surface area contributed by atoms with Gasteiger partial charge in [0.2, 0.25) is 11.8 Å². The van der Waals surface area contributed by atoms with Crippen molar-refractivity contribution in [2.75, 3.05) is 18.8 Å². The molecule has 2 aromatic carbocycles. The summed E-state index contributed by atoms with van der Waals surface area (Å²) in [6.07, 6.45) is -0.117. The average Bonchev–Trinajstić information content (AvgIpc) is 2.64. The van der Waals surface area contributed by atoms with E-state index in [4.69, 9.17) is 0 Å². The van der Waals surface area contributed by atoms with Crippen molar-refractivity contribution < 1.29 is 22.4 Å². The van der Waals surface area contributed by atoms with E-state index in [0.717, 1.165) is 5.56 Å². The third-order valence-electron chi connectivity index (χ3n) is 4.00. The number of benzene rings is 2. The number of halogens is 1. The van der Waals surface area contributed by atoms with Crippen molar-refractivity contribution in [3.05, 3.63) is 65.5 Å². The first-order chi connectivity index (χ1) is 13.3. The first-order valence-electron chi connectivity index (χ1n) is 8.83. The minimum Gasteiger partial charge on any atom is -0.354 e. The minimum atomic E-state index is -3.52. The maximum atomic E-state index is 13.1. The molecule has 2 N–H and O–H groups in total. The molecule has 0 heterocycles. The van der Waals surface area contributed by atoms with Crippen LogP contribution in [0, 0.1) is 12.7 Å². The van der Waals surface area contributed by atoms with Gasteiger partial charge in [0, 0.05) is 19.5 Å². The fourth-order valence-corrected chi connectivity index (χ4v) is 3.72. The number of carbonyl (C=O) groups is 2. The van der Waals surface area contributed by atoms with Crippen molar-refractivity contribution >= 4 is 21.7 Å². The molecule has 6 nitrogen and oxygen atoms in total. The third kappa shape index (κ3) is 7.11. The molecule has 2 amide bonds. The molecule has 28 heavy (non-hydrogen) atoms. The molecule has 0 radical (unpaired) electrons. The Bertz CT molecular complexity index is 927. The number of carbonyl (C=O) groups excluding carboxylic acids is 2. The second-order valence-electron chi connectivity index (χ2n) is 6.39. The van der Waals surface area contributed by atoms with Gasteiger partial charge in [0.15, 0.2) is 9.84 Å². The Labute approximate surface area is 164 Å². The molecule has 0 aromatic heterocycles. The van der Waals surface area contributed by atoms with Gasteiger partial charge < -0.3 is 10.6 Å². The molecular formula is C20H23FN2O4S. The van der Waals surface area contributed by atoms with Gasteiger partial charge in [-0.1, -0.05) is 29.8 Å². The third-order valence-corrected chi connectivity index (χ3v) is 5.73. The van der Waals surface area contributed by atoms with Crippen molar-refractivity contribution in [1.29, 1.82) is 0 Å². The van der Waals surface area contributed by atoms with E-state index in [-0.39, 0.29) is 42.5 Å². The quantitative estimate of drug-likeness (QED) is 0.621. The molecule has 0 aliphatic rings. The summed E-state index contributed by atoms with van der Waals surface area (Å²) in [6, 6.07) is 12.2. The van der Waals surface area contributed by atoms with E-state index in [2.05, 4.69) is 10.6 Å². The van der Waals surface area contributed by atoms with Gasteiger partial charge in [-0.2, -0.15) is 0 Å². The van der Waals surface area contributed by atoms with Crippen molar-refractivity contribution in [3.63, 3.8) is 0 Å². The van der Waals surface area contributed by atoms with Crippen LogP contribution in [0.4, 0.5) is 4.39 Å². The lowest BCUT2D eigenvalue weighted by molar-refractivity contribution is -0.122. The molecule has 2 rings (SSSR count). The Morgan fingerprint density at radius 2 is 1.61 bits per heavy atom. The zero-order valence-corrected chi connectivity index (χ0v) is 16.4. The van der Waals surface area contributed by atoms with Crippen LogP contribution < -0.4 is 10.6 Å². The molecule has 0 atom stereocenters. The fourth-order valence-electron chi connectivity index (χ4n) is 2.48. The summed E-state index contributed by atoms with van der Waals surface area (Å²) in [5.74, 6) is -1.39. The van der Waals surface area contributed by atoms with Gasteiger partial charge in [-0.15, -0.1) is 0 Å². The Kier molecular flexibility index (Phi) is 7.69. The van der Waals surface area contributed by atoms with E-state index < -0.39 is 21.6 Å². The number of hydrogen-bond donors (Lipinski definition) is 2. The summed E-state index contributed by atoms with van der Waals surface area (Å²) in [7, 11) is -3.52. The summed E-state index contributed by atoms with van der Waals surface area (Å²) < 4.78 is 37.5. The van der Waals surface area contributed by atoms with E-state index in [0.29, 0.717) is 5.56 Å². The molecule has 8 heteroatoms. The molecule has 0 aliphatic heterocycles. The van der Waals surface area contributed by atoms with Gasteiger partial charge in [0.05, 0.1) is 17.1 Å². The normalized spacial score (nSPS) is 11.1. The Morgan fingerprint density at radius 1 is 0.964 bits per heavy atom. The summed E-state index contributed by atoms with van der Waals surface area (Å²) >= 11 is 0. The maximum absolute atomic E-state index is 13.1. The van der Waals surface area contributed by atoms with Gasteiger partial charge >= 0.3 is 0 Å². The van der Waals surface area contributed by atoms with Crippen LogP contribution in [0.25, 0.3) is 0 Å². The number of amides is 2. The summed E-state index contributed by atoms with van der Waals surface area (Å²) in [6.45, 7) is 2.24. The van der Waals surface area contributed by atoms with Crippen LogP contribution >= 0.6 is 0 Å². The standard InChI is InChI=1S/C20H23FN2O4S/c1-15-5-7-18(8-6-15)28(26,27)12-9-19(24)22-10-11-23-20(25)14-16-3-2-4-17(21)13-16/h2-8,13H,9-12,14H2,1H3,(H,22,24)(H,23,25). The highest BCUT2D eigenvalue weighted by molar-refractivity contribution is 7.91. The number of rotatable bonds is 9. The Balaban J connectivity index is 1.67. The molecule has 0 spiro atoms. The molecule has 0 unspecified atom stereocenters. The fraction of sp³-hybridized carbons (Fsp3) is 0.300. The monoisotopic (exact) mass is 406 g/mol. The number of nitrogens with one attached hydrogen (secondary N) is 2. The van der Waals surface area contributed by atoms with Crippen LogP contribution in [0.5, 0.6) is 0 Å². The van der Waals surface area contributed by atoms with E-state index in [9.17, 15) is 22.4 Å². The average molecular weight is 406 g/mol. The minimum absolute atomic E-state index is 0.0422. The predicted molar refractivity (Wildman–Crippen MR) is 104 cm³/mol. The van der Waals surface area contributed by atoms with E-state index >= 15 is 0 Å². The highest BCUT2D eigenvalue weighted by Gasteiger charge is 2.16. The van der Waals surface area contributed by atoms with Gasteiger partial charge in [0.25, 0.3) is 0 Å². The topological polar surface area (TPSA) is 92.3 Å². The van der Waals surface area contributed by atoms with Crippen molar-refractivity contribution in [2.24, 2.45) is 0 Å². The summed E-state index contributed by atoms with van der Waals surface area (Å²) in [5, 5.41) is 5.18. The van der Waals surface area contributed by atoms with Gasteiger partial charge in [0.1, 0.15) is 5.82 Å². The molecule has 2 aromatic rings. The van der Waals surface area contributed by atoms with Crippen LogP contribution in [0.15, 0.2) is 53.4 Å². The highest BCUT2D eigenvalue weighted by atomic mass is 32.2. The summed E-state index contributed by atoms with van der Waals surface area (Å²) in [5.41, 5.74) is 1.51. The summed E-state index contributed by atoms with van der Waals surface area (Å²) in [4.78, 5) is 23.8. The second-order valence-corrected chi connectivity index (χ2v) is 8.50. The van der Waals surface area contributed by atoms with Crippen LogP contribution in [-0.2, 0) is 25.8 Å². The van der Waals surface area contributed by atoms with E-state index in [1.807, 2.05) is 6.92 Å². The lowest BCUT2D eigenvalue weighted by atomic mass is 10.1. The molecule has 0 fully saturated rings. The van der Waals surface area contributed by atoms with Gasteiger partial charge in [-0.25, -0.2) is 12.8 Å². The lowest BCUT2D eigenvalue weighted by Gasteiger charge is -2.08. The van der Waals surface area contributed by atoms with Crippen molar-refractivity contribution in [1.82, 2.24) is 10.6 Å². The van der Waals surface area contributed by atoms with Crippen molar-refractivity contribution in [3.8, 4) is 0 Å². The molecule has 0 bridgehead atoms. The molecular weight excluding hydrogens is 383 g/mol. The second kappa shape index (κ2) is 9.98. The number of sulfone groups is 1. The first-order valence-corrected chi connectivity index (χ1v) is 10.5.